The molecule has 150 valence electrons. The molecule has 3 rings (SSSR count). The SMILES string of the molecule is CNCC1CCCN1C(=O)C1CCC(NC(=O)CC2CCCC2)CC1.Cl. The Kier molecular flexibility index (Phi) is 8.68. The van der Waals surface area contributed by atoms with Gasteiger partial charge in [0.1, 0.15) is 0 Å². The van der Waals surface area contributed by atoms with Crippen molar-refractivity contribution in [3.8, 4) is 0 Å². The molecule has 2 aliphatic carbocycles. The molecule has 3 fully saturated rings. The molecule has 1 atom stereocenters. The normalized spacial score (nSPS) is 29.4. The maximum Gasteiger partial charge on any atom is 0.225 e. The molecule has 0 radical (unpaired) electrons. The third kappa shape index (κ3) is 5.59. The molecule has 1 aliphatic heterocycles. The fourth-order valence-electron chi connectivity index (χ4n) is 5.06. The lowest BCUT2D eigenvalue weighted by Gasteiger charge is -2.33. The Bertz CT molecular complexity index is 460. The smallest absolute Gasteiger partial charge is 0.225 e. The Hall–Kier alpha value is -0.810. The van der Waals surface area contributed by atoms with E-state index < -0.39 is 0 Å². The molecule has 2 saturated carbocycles. The zero-order valence-electron chi connectivity index (χ0n) is 16.2. The molecular weight excluding hydrogens is 350 g/mol. The molecule has 3 aliphatic rings. The van der Waals surface area contributed by atoms with Crippen molar-refractivity contribution in [2.45, 2.75) is 82.7 Å². The summed E-state index contributed by atoms with van der Waals surface area (Å²) >= 11 is 0. The van der Waals surface area contributed by atoms with Crippen LogP contribution in [-0.4, -0.2) is 48.9 Å². The Morgan fingerprint density at radius 3 is 2.31 bits per heavy atom. The second-order valence-corrected chi connectivity index (χ2v) is 8.36. The first-order valence-corrected chi connectivity index (χ1v) is 10.4. The third-order valence-corrected chi connectivity index (χ3v) is 6.49. The van der Waals surface area contributed by atoms with Crippen molar-refractivity contribution in [2.75, 3.05) is 20.1 Å². The van der Waals surface area contributed by atoms with Crippen LogP contribution in [0.1, 0.15) is 70.6 Å². The highest BCUT2D eigenvalue weighted by Crippen LogP contribution is 2.30. The minimum absolute atomic E-state index is 0. The van der Waals surface area contributed by atoms with Gasteiger partial charge in [-0.25, -0.2) is 0 Å². The number of nitrogens with one attached hydrogen (secondary N) is 2. The zero-order valence-corrected chi connectivity index (χ0v) is 17.0. The molecular formula is C20H36ClN3O2. The van der Waals surface area contributed by atoms with Gasteiger partial charge in [-0.2, -0.15) is 0 Å². The van der Waals surface area contributed by atoms with Gasteiger partial charge < -0.3 is 15.5 Å². The summed E-state index contributed by atoms with van der Waals surface area (Å²) in [6, 6.07) is 0.658. The quantitative estimate of drug-likeness (QED) is 0.739. The first-order valence-electron chi connectivity index (χ1n) is 10.4. The predicted octanol–water partition coefficient (Wildman–Crippen LogP) is 2.87. The number of likely N-dealkylation sites (N-methyl/N-ethyl adjacent to an activating group) is 1. The number of carbonyl (C=O) groups is 2. The van der Waals surface area contributed by atoms with Crippen molar-refractivity contribution in [3.05, 3.63) is 0 Å². The molecule has 0 aromatic carbocycles. The Labute approximate surface area is 164 Å². The van der Waals surface area contributed by atoms with Crippen molar-refractivity contribution in [1.82, 2.24) is 15.5 Å². The minimum Gasteiger partial charge on any atom is -0.353 e. The number of carbonyl (C=O) groups excluding carboxylic acids is 2. The van der Waals surface area contributed by atoms with Crippen LogP contribution in [0.15, 0.2) is 0 Å². The van der Waals surface area contributed by atoms with Crippen molar-refractivity contribution in [1.29, 1.82) is 0 Å². The zero-order chi connectivity index (χ0) is 17.6. The Balaban J connectivity index is 0.00000243. The summed E-state index contributed by atoms with van der Waals surface area (Å²) in [7, 11) is 1.96. The van der Waals surface area contributed by atoms with Gasteiger partial charge in [-0.15, -0.1) is 12.4 Å². The first kappa shape index (κ1) is 21.5. The van der Waals surface area contributed by atoms with Crippen LogP contribution in [0.3, 0.4) is 0 Å². The highest BCUT2D eigenvalue weighted by molar-refractivity contribution is 5.85. The molecule has 0 aromatic heterocycles. The van der Waals surface area contributed by atoms with Gasteiger partial charge in [-0.1, -0.05) is 12.8 Å². The summed E-state index contributed by atoms with van der Waals surface area (Å²) in [5, 5.41) is 6.44. The molecule has 26 heavy (non-hydrogen) atoms. The highest BCUT2D eigenvalue weighted by atomic mass is 35.5. The van der Waals surface area contributed by atoms with E-state index in [9.17, 15) is 9.59 Å². The summed E-state index contributed by atoms with van der Waals surface area (Å²) in [5.74, 6) is 1.36. The van der Waals surface area contributed by atoms with Gasteiger partial charge in [0.15, 0.2) is 0 Å². The van der Waals surface area contributed by atoms with Crippen LogP contribution < -0.4 is 10.6 Å². The second-order valence-electron chi connectivity index (χ2n) is 8.36. The van der Waals surface area contributed by atoms with E-state index in [1.165, 1.54) is 25.7 Å². The molecule has 2 amide bonds. The topological polar surface area (TPSA) is 61.4 Å². The molecule has 0 spiro atoms. The molecule has 6 heteroatoms. The third-order valence-electron chi connectivity index (χ3n) is 6.49. The fourth-order valence-corrected chi connectivity index (χ4v) is 5.06. The van der Waals surface area contributed by atoms with Gasteiger partial charge in [0.05, 0.1) is 0 Å². The Morgan fingerprint density at radius 2 is 1.65 bits per heavy atom. The fraction of sp³-hybridized carbons (Fsp3) is 0.900. The van der Waals surface area contributed by atoms with Crippen molar-refractivity contribution in [3.63, 3.8) is 0 Å². The molecule has 2 N–H and O–H groups in total. The van der Waals surface area contributed by atoms with Gasteiger partial charge >= 0.3 is 0 Å². The van der Waals surface area contributed by atoms with Crippen LogP contribution in [0.2, 0.25) is 0 Å². The molecule has 1 saturated heterocycles. The number of hydrogen-bond acceptors (Lipinski definition) is 3. The van der Waals surface area contributed by atoms with E-state index in [2.05, 4.69) is 15.5 Å². The van der Waals surface area contributed by atoms with Crippen molar-refractivity contribution in [2.24, 2.45) is 11.8 Å². The van der Waals surface area contributed by atoms with Gasteiger partial charge in [-0.3, -0.25) is 9.59 Å². The molecule has 0 bridgehead atoms. The lowest BCUT2D eigenvalue weighted by atomic mass is 9.84. The van der Waals surface area contributed by atoms with E-state index in [-0.39, 0.29) is 30.3 Å². The highest BCUT2D eigenvalue weighted by Gasteiger charge is 2.35. The van der Waals surface area contributed by atoms with Gasteiger partial charge in [-0.05, 0) is 64.3 Å². The van der Waals surface area contributed by atoms with E-state index in [0.29, 0.717) is 24.3 Å². The average Bonchev–Trinajstić information content (AvgIpc) is 3.27. The van der Waals surface area contributed by atoms with Crippen LogP contribution in [0.5, 0.6) is 0 Å². The van der Waals surface area contributed by atoms with E-state index in [1.54, 1.807) is 0 Å². The number of amides is 2. The van der Waals surface area contributed by atoms with E-state index in [1.807, 2.05) is 7.05 Å². The number of rotatable bonds is 6. The van der Waals surface area contributed by atoms with E-state index in [0.717, 1.165) is 51.6 Å². The van der Waals surface area contributed by atoms with E-state index >= 15 is 0 Å². The lowest BCUT2D eigenvalue weighted by molar-refractivity contribution is -0.137. The molecule has 0 aromatic rings. The maximum absolute atomic E-state index is 12.9. The van der Waals surface area contributed by atoms with Crippen LogP contribution in [-0.2, 0) is 9.59 Å². The van der Waals surface area contributed by atoms with Crippen molar-refractivity contribution >= 4 is 24.2 Å². The standard InChI is InChI=1S/C20H35N3O2.ClH/c1-21-14-18-7-4-12-23(18)20(25)16-8-10-17(11-9-16)22-19(24)13-15-5-2-3-6-15;/h15-18,21H,2-14H2,1H3,(H,22,24);1H. The summed E-state index contributed by atoms with van der Waals surface area (Å²) in [4.78, 5) is 27.2. The van der Waals surface area contributed by atoms with Crippen molar-refractivity contribution < 1.29 is 9.59 Å². The van der Waals surface area contributed by atoms with E-state index in [4.69, 9.17) is 0 Å². The second kappa shape index (κ2) is 10.5. The van der Waals surface area contributed by atoms with Gasteiger partial charge in [0.2, 0.25) is 11.8 Å². The van der Waals surface area contributed by atoms with Crippen LogP contribution >= 0.6 is 12.4 Å². The van der Waals surface area contributed by atoms with Gasteiger partial charge in [0, 0.05) is 37.5 Å². The summed E-state index contributed by atoms with van der Waals surface area (Å²) in [6.45, 7) is 1.82. The molecule has 5 nitrogen and oxygen atoms in total. The number of nitrogens with zero attached hydrogens (tertiary/aromatic N) is 1. The number of halogens is 1. The van der Waals surface area contributed by atoms with Crippen LogP contribution in [0.25, 0.3) is 0 Å². The average molecular weight is 386 g/mol. The summed E-state index contributed by atoms with van der Waals surface area (Å²) < 4.78 is 0. The summed E-state index contributed by atoms with van der Waals surface area (Å²) in [6.07, 6.45) is 11.7. The predicted molar refractivity (Wildman–Crippen MR) is 106 cm³/mol. The summed E-state index contributed by atoms with van der Waals surface area (Å²) in [5.41, 5.74) is 0. The maximum atomic E-state index is 12.9. The first-order chi connectivity index (χ1) is 12.2. The number of hydrogen-bond donors (Lipinski definition) is 2. The van der Waals surface area contributed by atoms with Crippen LogP contribution in [0, 0.1) is 11.8 Å². The monoisotopic (exact) mass is 385 g/mol. The largest absolute Gasteiger partial charge is 0.353 e. The Morgan fingerprint density at radius 1 is 0.962 bits per heavy atom. The molecule has 1 heterocycles. The van der Waals surface area contributed by atoms with Crippen LogP contribution in [0.4, 0.5) is 0 Å². The number of likely N-dealkylation sites (tertiary alicyclic amines) is 1. The van der Waals surface area contributed by atoms with Gasteiger partial charge in [0.25, 0.3) is 0 Å². The molecule has 1 unspecified atom stereocenters. The minimum atomic E-state index is 0. The lowest BCUT2D eigenvalue weighted by Crippen LogP contribution is -2.46.